The van der Waals surface area contributed by atoms with Crippen molar-refractivity contribution >= 4 is 11.6 Å². The highest BCUT2D eigenvalue weighted by Gasteiger charge is 2.21. The van der Waals surface area contributed by atoms with E-state index in [1.807, 2.05) is 20.8 Å². The maximum absolute atomic E-state index is 11.7. The van der Waals surface area contributed by atoms with Gasteiger partial charge in [0, 0.05) is 11.6 Å². The number of rotatable bonds is 2. The van der Waals surface area contributed by atoms with Gasteiger partial charge in [-0.1, -0.05) is 26.7 Å². The van der Waals surface area contributed by atoms with Crippen LogP contribution in [0.3, 0.4) is 0 Å². The molecule has 0 aliphatic heterocycles. The Balaban J connectivity index is 2.64. The number of carbonyl (C=O) groups excluding carboxylic acids is 1. The number of aromatic nitrogens is 2. The maximum atomic E-state index is 11.7. The Morgan fingerprint density at radius 3 is 2.81 bits per heavy atom. The van der Waals surface area contributed by atoms with Gasteiger partial charge in [-0.15, -0.1) is 5.92 Å². The molecule has 0 radical (unpaired) electrons. The predicted octanol–water partition coefficient (Wildman–Crippen LogP) is 1.89. The number of anilines is 1. The van der Waals surface area contributed by atoms with E-state index in [-0.39, 0.29) is 5.91 Å². The maximum Gasteiger partial charge on any atom is 0.229 e. The normalized spacial score (nSPS) is 10.5. The average molecular weight is 219 g/mol. The number of hydrogen-bond acceptors (Lipinski definition) is 2. The average Bonchev–Trinajstić information content (AvgIpc) is 2.61. The van der Waals surface area contributed by atoms with Crippen molar-refractivity contribution in [1.82, 2.24) is 9.78 Å². The summed E-state index contributed by atoms with van der Waals surface area (Å²) in [6.45, 7) is 7.94. The highest BCUT2D eigenvalue weighted by molar-refractivity contribution is 5.94. The van der Waals surface area contributed by atoms with Crippen molar-refractivity contribution < 1.29 is 4.79 Å². The topological polar surface area (TPSA) is 46.9 Å². The molecule has 4 heteroatoms. The lowest BCUT2D eigenvalue weighted by molar-refractivity contribution is -0.123. The van der Waals surface area contributed by atoms with Gasteiger partial charge in [-0.05, 0) is 6.92 Å². The zero-order chi connectivity index (χ0) is 12.2. The molecule has 1 heterocycles. The van der Waals surface area contributed by atoms with Crippen molar-refractivity contribution in [3.05, 3.63) is 12.4 Å². The molecule has 16 heavy (non-hydrogen) atoms. The number of carbonyl (C=O) groups is 1. The van der Waals surface area contributed by atoms with Crippen molar-refractivity contribution in [1.29, 1.82) is 0 Å². The van der Waals surface area contributed by atoms with E-state index in [0.717, 1.165) is 0 Å². The summed E-state index contributed by atoms with van der Waals surface area (Å²) in [5, 5.41) is 6.90. The summed E-state index contributed by atoms with van der Waals surface area (Å²) in [6.07, 6.45) is 3.40. The summed E-state index contributed by atoms with van der Waals surface area (Å²) < 4.78 is 1.69. The largest absolute Gasteiger partial charge is 0.323 e. The summed E-state index contributed by atoms with van der Waals surface area (Å²) in [7, 11) is 0. The molecule has 4 nitrogen and oxygen atoms in total. The fourth-order valence-corrected chi connectivity index (χ4v) is 0.993. The predicted molar refractivity (Wildman–Crippen MR) is 63.8 cm³/mol. The summed E-state index contributed by atoms with van der Waals surface area (Å²) >= 11 is 0. The van der Waals surface area contributed by atoms with Gasteiger partial charge in [0.25, 0.3) is 0 Å². The molecule has 1 aromatic rings. The van der Waals surface area contributed by atoms with Crippen LogP contribution in [0.25, 0.3) is 0 Å². The van der Waals surface area contributed by atoms with E-state index in [2.05, 4.69) is 22.3 Å². The van der Waals surface area contributed by atoms with Gasteiger partial charge in [-0.25, -0.2) is 0 Å². The van der Waals surface area contributed by atoms with E-state index in [1.54, 1.807) is 24.0 Å². The van der Waals surface area contributed by atoms with Crippen molar-refractivity contribution in [2.75, 3.05) is 5.32 Å². The first-order valence-corrected chi connectivity index (χ1v) is 5.17. The molecule has 0 atom stereocenters. The summed E-state index contributed by atoms with van der Waals surface area (Å²) in [5.74, 6) is 5.67. The van der Waals surface area contributed by atoms with Crippen LogP contribution in [0.1, 0.15) is 27.7 Å². The number of nitrogens with one attached hydrogen (secondary N) is 1. The van der Waals surface area contributed by atoms with Crippen LogP contribution < -0.4 is 5.32 Å². The van der Waals surface area contributed by atoms with E-state index >= 15 is 0 Å². The van der Waals surface area contributed by atoms with Crippen molar-refractivity contribution in [2.45, 2.75) is 34.2 Å². The first-order valence-electron chi connectivity index (χ1n) is 5.17. The van der Waals surface area contributed by atoms with Gasteiger partial charge in [0.05, 0.1) is 11.9 Å². The van der Waals surface area contributed by atoms with Gasteiger partial charge in [-0.3, -0.25) is 9.48 Å². The van der Waals surface area contributed by atoms with E-state index in [1.165, 1.54) is 0 Å². The van der Waals surface area contributed by atoms with Crippen LogP contribution in [0.2, 0.25) is 0 Å². The molecule has 86 valence electrons. The minimum atomic E-state index is -0.397. The second kappa shape index (κ2) is 4.84. The quantitative estimate of drug-likeness (QED) is 0.772. The standard InChI is InChI=1S/C12H17N3O/c1-5-6-7-15-9-10(8-13-15)14-11(16)12(2,3)4/h8-9H,7H2,1-4H3,(H,14,16). The molecule has 1 rings (SSSR count). The molecule has 0 unspecified atom stereocenters. The first kappa shape index (κ1) is 12.3. The molecule has 0 aliphatic rings. The van der Waals surface area contributed by atoms with Crippen LogP contribution in [0.15, 0.2) is 12.4 Å². The molecular weight excluding hydrogens is 202 g/mol. The molecule has 0 aromatic carbocycles. The third-order valence-corrected chi connectivity index (χ3v) is 1.99. The van der Waals surface area contributed by atoms with Crippen molar-refractivity contribution in [3.63, 3.8) is 0 Å². The Kier molecular flexibility index (Phi) is 3.73. The molecule has 0 spiro atoms. The van der Waals surface area contributed by atoms with E-state index in [9.17, 15) is 4.79 Å². The SMILES string of the molecule is CC#CCn1cc(NC(=O)C(C)(C)C)cn1. The molecule has 0 fully saturated rings. The molecule has 0 aliphatic carbocycles. The van der Waals surface area contributed by atoms with Crippen LogP contribution in [0.5, 0.6) is 0 Å². The van der Waals surface area contributed by atoms with Gasteiger partial charge in [0.1, 0.15) is 6.54 Å². The molecule has 1 aromatic heterocycles. The van der Waals surface area contributed by atoms with Crippen molar-refractivity contribution in [3.8, 4) is 11.8 Å². The first-order chi connectivity index (χ1) is 7.43. The van der Waals surface area contributed by atoms with E-state index in [4.69, 9.17) is 0 Å². The molecule has 0 saturated carbocycles. The minimum Gasteiger partial charge on any atom is -0.323 e. The lowest BCUT2D eigenvalue weighted by Gasteiger charge is -2.16. The van der Waals surface area contributed by atoms with E-state index < -0.39 is 5.41 Å². The summed E-state index contributed by atoms with van der Waals surface area (Å²) in [4.78, 5) is 11.7. The lowest BCUT2D eigenvalue weighted by atomic mass is 9.96. The summed E-state index contributed by atoms with van der Waals surface area (Å²) in [6, 6.07) is 0. The van der Waals surface area contributed by atoms with Crippen LogP contribution in [0.4, 0.5) is 5.69 Å². The zero-order valence-electron chi connectivity index (χ0n) is 10.2. The van der Waals surface area contributed by atoms with Gasteiger partial charge < -0.3 is 5.32 Å². The van der Waals surface area contributed by atoms with Gasteiger partial charge in [0.2, 0.25) is 5.91 Å². The molecule has 1 amide bonds. The number of amides is 1. The highest BCUT2D eigenvalue weighted by atomic mass is 16.2. The molecule has 0 bridgehead atoms. The smallest absolute Gasteiger partial charge is 0.229 e. The molecular formula is C12H17N3O. The van der Waals surface area contributed by atoms with Crippen LogP contribution in [-0.4, -0.2) is 15.7 Å². The van der Waals surface area contributed by atoms with Gasteiger partial charge in [-0.2, -0.15) is 5.10 Å². The zero-order valence-corrected chi connectivity index (χ0v) is 10.2. The molecule has 0 saturated heterocycles. The summed E-state index contributed by atoms with van der Waals surface area (Å²) in [5.41, 5.74) is 0.309. The number of nitrogens with zero attached hydrogens (tertiary/aromatic N) is 2. The van der Waals surface area contributed by atoms with E-state index in [0.29, 0.717) is 12.2 Å². The minimum absolute atomic E-state index is 0.0198. The Labute approximate surface area is 96.0 Å². The Morgan fingerprint density at radius 2 is 2.25 bits per heavy atom. The molecule has 1 N–H and O–H groups in total. The Hall–Kier alpha value is -1.76. The number of hydrogen-bond donors (Lipinski definition) is 1. The van der Waals surface area contributed by atoms with Gasteiger partial charge >= 0.3 is 0 Å². The third-order valence-electron chi connectivity index (χ3n) is 1.99. The third kappa shape index (κ3) is 3.43. The monoisotopic (exact) mass is 219 g/mol. The highest BCUT2D eigenvalue weighted by Crippen LogP contribution is 2.16. The van der Waals surface area contributed by atoms with Gasteiger partial charge in [0.15, 0.2) is 0 Å². The van der Waals surface area contributed by atoms with Crippen molar-refractivity contribution in [2.24, 2.45) is 5.41 Å². The fourth-order valence-electron chi connectivity index (χ4n) is 0.993. The second-order valence-corrected chi connectivity index (χ2v) is 4.56. The Bertz CT molecular complexity index is 429. The van der Waals surface area contributed by atoms with Crippen LogP contribution in [-0.2, 0) is 11.3 Å². The fraction of sp³-hybridized carbons (Fsp3) is 0.500. The van der Waals surface area contributed by atoms with Crippen LogP contribution in [0, 0.1) is 17.3 Å². The second-order valence-electron chi connectivity index (χ2n) is 4.56. The lowest BCUT2D eigenvalue weighted by Crippen LogP contribution is -2.27. The van der Waals surface area contributed by atoms with Crippen LogP contribution >= 0.6 is 0 Å². The Morgan fingerprint density at radius 1 is 1.56 bits per heavy atom.